The highest BCUT2D eigenvalue weighted by molar-refractivity contribution is 7.79. The summed E-state index contributed by atoms with van der Waals surface area (Å²) >= 11 is 0. The Hall–Kier alpha value is -0.170. The van der Waals surface area contributed by atoms with E-state index in [1.54, 1.807) is 0 Å². The number of quaternary nitrogens is 1. The van der Waals surface area contributed by atoms with Crippen molar-refractivity contribution in [3.05, 3.63) is 0 Å². The van der Waals surface area contributed by atoms with Gasteiger partial charge < -0.3 is 9.04 Å². The number of unbranched alkanes of at least 4 members (excludes halogenated alkanes) is 12. The third-order valence-electron chi connectivity index (χ3n) is 4.73. The topological polar surface area (TPSA) is 77.4 Å². The van der Waals surface area contributed by atoms with Crippen LogP contribution in [0.3, 0.4) is 0 Å². The average molecular weight is 396 g/mol. The first-order valence-corrected chi connectivity index (χ1v) is 12.0. The predicted octanol–water partition coefficient (Wildman–Crippen LogP) is 5.57. The summed E-state index contributed by atoms with van der Waals surface area (Å²) in [4.78, 5) is 0. The van der Waals surface area contributed by atoms with Crippen molar-refractivity contribution >= 4 is 10.4 Å². The fourth-order valence-electron chi connectivity index (χ4n) is 3.11. The number of nitrogens with zero attached hydrogens (tertiary/aromatic N) is 1. The molecule has 0 aliphatic heterocycles. The first-order valence-electron chi connectivity index (χ1n) is 10.6. The molecule has 0 spiro atoms. The van der Waals surface area contributed by atoms with Crippen molar-refractivity contribution in [1.82, 2.24) is 0 Å². The minimum atomic E-state index is -4.92. The minimum Gasteiger partial charge on any atom is -0.726 e. The van der Waals surface area contributed by atoms with E-state index in [0.29, 0.717) is 0 Å². The molecule has 0 saturated heterocycles. The largest absolute Gasteiger partial charge is 0.726 e. The Bertz CT molecular complexity index is 375. The highest BCUT2D eigenvalue weighted by atomic mass is 32.3. The molecule has 1 N–H and O–H groups in total. The van der Waals surface area contributed by atoms with Gasteiger partial charge in [0.25, 0.3) is 0 Å². The van der Waals surface area contributed by atoms with Crippen LogP contribution in [0.1, 0.15) is 104 Å². The van der Waals surface area contributed by atoms with Crippen LogP contribution in [0.25, 0.3) is 0 Å². The Morgan fingerprint density at radius 2 is 0.885 bits per heavy atom. The van der Waals surface area contributed by atoms with E-state index in [9.17, 15) is 0 Å². The van der Waals surface area contributed by atoms with E-state index in [2.05, 4.69) is 27.9 Å². The van der Waals surface area contributed by atoms with Gasteiger partial charge in [-0.15, -0.1) is 0 Å². The van der Waals surface area contributed by atoms with Gasteiger partial charge in [0, 0.05) is 0 Å². The van der Waals surface area contributed by atoms with Gasteiger partial charge in [0.15, 0.2) is 0 Å². The lowest BCUT2D eigenvalue weighted by molar-refractivity contribution is -0.890. The van der Waals surface area contributed by atoms with Crippen molar-refractivity contribution in [2.75, 3.05) is 27.2 Å². The monoisotopic (exact) mass is 395 g/mol. The summed E-state index contributed by atoms with van der Waals surface area (Å²) in [5.74, 6) is 0. The van der Waals surface area contributed by atoms with Gasteiger partial charge in [-0.25, -0.2) is 8.42 Å². The molecule has 0 unspecified atom stereocenters. The van der Waals surface area contributed by atoms with Gasteiger partial charge in [0.2, 0.25) is 10.4 Å². The third-order valence-corrected chi connectivity index (χ3v) is 4.73. The Morgan fingerprint density at radius 1 is 0.654 bits per heavy atom. The SMILES string of the molecule is CCCCCCCCCC[N+](C)(C)CCCCCCCC.O=S(=O)([O-])O. The molecule has 0 aromatic heterocycles. The fourth-order valence-corrected chi connectivity index (χ4v) is 3.11. The maximum absolute atomic E-state index is 8.63. The lowest BCUT2D eigenvalue weighted by Crippen LogP contribution is -2.41. The Morgan fingerprint density at radius 3 is 1.15 bits per heavy atom. The molecule has 5 nitrogen and oxygen atoms in total. The van der Waals surface area contributed by atoms with E-state index in [4.69, 9.17) is 17.5 Å². The van der Waals surface area contributed by atoms with Crippen molar-refractivity contribution in [2.45, 2.75) is 104 Å². The predicted molar refractivity (Wildman–Crippen MR) is 110 cm³/mol. The van der Waals surface area contributed by atoms with Gasteiger partial charge in [0.1, 0.15) is 0 Å². The fraction of sp³-hybridized carbons (Fsp3) is 1.00. The molecule has 6 heteroatoms. The maximum atomic E-state index is 8.63. The molecule has 26 heavy (non-hydrogen) atoms. The van der Waals surface area contributed by atoms with Gasteiger partial charge in [-0.05, 0) is 25.7 Å². The van der Waals surface area contributed by atoms with Crippen LogP contribution in [0.5, 0.6) is 0 Å². The van der Waals surface area contributed by atoms with E-state index >= 15 is 0 Å². The second-order valence-electron chi connectivity index (χ2n) is 8.05. The Balaban J connectivity index is 0. The van der Waals surface area contributed by atoms with Crippen LogP contribution in [0, 0.1) is 0 Å². The van der Waals surface area contributed by atoms with Gasteiger partial charge in [0.05, 0.1) is 27.2 Å². The molecular formula is C20H45NO4S. The molecule has 0 atom stereocenters. The zero-order valence-electron chi connectivity index (χ0n) is 17.8. The van der Waals surface area contributed by atoms with E-state index in [0.717, 1.165) is 0 Å². The van der Waals surface area contributed by atoms with Crippen LogP contribution in [0.4, 0.5) is 0 Å². The number of hydrogen-bond donors (Lipinski definition) is 1. The van der Waals surface area contributed by atoms with E-state index in [1.807, 2.05) is 0 Å². The average Bonchev–Trinajstić information content (AvgIpc) is 2.51. The van der Waals surface area contributed by atoms with Crippen molar-refractivity contribution in [1.29, 1.82) is 0 Å². The molecule has 0 heterocycles. The summed E-state index contributed by atoms with van der Waals surface area (Å²) in [6.45, 7) is 7.35. The second kappa shape index (κ2) is 18.2. The number of rotatable bonds is 16. The minimum absolute atomic E-state index is 1.24. The smallest absolute Gasteiger partial charge is 0.215 e. The zero-order chi connectivity index (χ0) is 20.3. The van der Waals surface area contributed by atoms with Crippen LogP contribution in [-0.2, 0) is 10.4 Å². The molecule has 160 valence electrons. The lowest BCUT2D eigenvalue weighted by atomic mass is 10.1. The van der Waals surface area contributed by atoms with Crippen molar-refractivity contribution in [3.8, 4) is 0 Å². The molecule has 0 aliphatic rings. The summed E-state index contributed by atoms with van der Waals surface area (Å²) in [6.07, 6.45) is 20.1. The third kappa shape index (κ3) is 31.6. The first kappa shape index (κ1) is 28.0. The van der Waals surface area contributed by atoms with Crippen molar-refractivity contribution < 1.29 is 22.0 Å². The van der Waals surface area contributed by atoms with Gasteiger partial charge in [-0.2, -0.15) is 0 Å². The molecular weight excluding hydrogens is 350 g/mol. The molecule has 0 fully saturated rings. The van der Waals surface area contributed by atoms with Crippen LogP contribution < -0.4 is 0 Å². The Kier molecular flexibility index (Phi) is 19.6. The summed E-state index contributed by atoms with van der Waals surface area (Å²) in [5.41, 5.74) is 0. The summed E-state index contributed by atoms with van der Waals surface area (Å²) in [7, 11) is -0.0689. The molecule has 0 aromatic carbocycles. The molecule has 0 aromatic rings. The molecule has 0 saturated carbocycles. The summed E-state index contributed by atoms with van der Waals surface area (Å²) in [5, 5.41) is 0. The van der Waals surface area contributed by atoms with Crippen LogP contribution in [-0.4, -0.2) is 49.2 Å². The quantitative estimate of drug-likeness (QED) is 0.160. The molecule has 0 amide bonds. The summed E-state index contributed by atoms with van der Waals surface area (Å²) in [6, 6.07) is 0. The molecule has 0 bridgehead atoms. The van der Waals surface area contributed by atoms with Crippen molar-refractivity contribution in [2.24, 2.45) is 0 Å². The molecule has 0 aliphatic carbocycles. The van der Waals surface area contributed by atoms with E-state index in [1.165, 1.54) is 107 Å². The second-order valence-corrected chi connectivity index (χ2v) is 8.91. The number of hydrogen-bond acceptors (Lipinski definition) is 3. The van der Waals surface area contributed by atoms with E-state index < -0.39 is 10.4 Å². The highest BCUT2D eigenvalue weighted by Gasteiger charge is 2.13. The Labute approximate surface area is 163 Å². The molecule has 0 radical (unpaired) electrons. The maximum Gasteiger partial charge on any atom is 0.215 e. The van der Waals surface area contributed by atoms with Crippen LogP contribution >= 0.6 is 0 Å². The van der Waals surface area contributed by atoms with Gasteiger partial charge in [-0.3, -0.25) is 4.55 Å². The zero-order valence-corrected chi connectivity index (χ0v) is 18.7. The van der Waals surface area contributed by atoms with Crippen molar-refractivity contribution in [3.63, 3.8) is 0 Å². The van der Waals surface area contributed by atoms with E-state index in [-0.39, 0.29) is 0 Å². The summed E-state index contributed by atoms with van der Waals surface area (Å²) < 4.78 is 34.1. The van der Waals surface area contributed by atoms with Crippen LogP contribution in [0.2, 0.25) is 0 Å². The lowest BCUT2D eigenvalue weighted by Gasteiger charge is -2.30. The standard InChI is InChI=1S/C20H44N.H2O4S/c1-5-7-9-11-13-14-16-18-20-21(3,4)19-17-15-12-10-8-6-2;1-5(2,3)4/h5-20H2,1-4H3;(H2,1,2,3,4)/q+1;/p-1. The first-order chi connectivity index (χ1) is 12.1. The normalized spacial score (nSPS) is 11.9. The van der Waals surface area contributed by atoms with Crippen LogP contribution in [0.15, 0.2) is 0 Å². The van der Waals surface area contributed by atoms with Gasteiger partial charge >= 0.3 is 0 Å². The van der Waals surface area contributed by atoms with Gasteiger partial charge in [-0.1, -0.05) is 78.1 Å². The highest BCUT2D eigenvalue weighted by Crippen LogP contribution is 2.12. The molecule has 0 rings (SSSR count).